The second-order valence-electron chi connectivity index (χ2n) is 6.77. The summed E-state index contributed by atoms with van der Waals surface area (Å²) in [7, 11) is 0. The summed E-state index contributed by atoms with van der Waals surface area (Å²) in [6.07, 6.45) is 1.71. The summed E-state index contributed by atoms with van der Waals surface area (Å²) in [5.74, 6) is 0.679. The Morgan fingerprint density at radius 2 is 1.42 bits per heavy atom. The summed E-state index contributed by atoms with van der Waals surface area (Å²) in [6, 6.07) is 4.37. The van der Waals surface area contributed by atoms with Gasteiger partial charge in [0.2, 0.25) is 6.08 Å². The van der Waals surface area contributed by atoms with Crippen molar-refractivity contribution >= 4 is 11.8 Å². The largest absolute Gasteiger partial charge is 0.240 e. The van der Waals surface area contributed by atoms with Crippen LogP contribution in [0.25, 0.3) is 0 Å². The van der Waals surface area contributed by atoms with Gasteiger partial charge in [0.25, 0.3) is 0 Å². The van der Waals surface area contributed by atoms with Gasteiger partial charge in [-0.3, -0.25) is 0 Å². The Labute approximate surface area is 117 Å². The Hall–Kier alpha value is -1.40. The Balaban J connectivity index is 3.67. The van der Waals surface area contributed by atoms with Crippen LogP contribution in [0.1, 0.15) is 77.0 Å². The molecule has 0 fully saturated rings. The molecule has 2 nitrogen and oxygen atoms in total. The zero-order valence-corrected chi connectivity index (χ0v) is 13.2. The van der Waals surface area contributed by atoms with E-state index in [-0.39, 0.29) is 5.41 Å². The fourth-order valence-corrected chi connectivity index (χ4v) is 2.17. The second kappa shape index (κ2) is 5.71. The van der Waals surface area contributed by atoms with Crippen LogP contribution in [0.2, 0.25) is 0 Å². The minimum atomic E-state index is 0.0940. The molecule has 0 atom stereocenters. The average molecular weight is 259 g/mol. The number of aliphatic imine (C=N–C) groups is 1. The third-order valence-electron chi connectivity index (χ3n) is 3.44. The van der Waals surface area contributed by atoms with Crippen molar-refractivity contribution in [2.45, 2.75) is 65.7 Å². The van der Waals surface area contributed by atoms with Crippen LogP contribution in [0.5, 0.6) is 0 Å². The fourth-order valence-electron chi connectivity index (χ4n) is 2.17. The highest BCUT2D eigenvalue weighted by Gasteiger charge is 2.21. The Kier molecular flexibility index (Phi) is 4.70. The lowest BCUT2D eigenvalue weighted by molar-refractivity contribution is 0.565. The summed E-state index contributed by atoms with van der Waals surface area (Å²) in [4.78, 5) is 14.7. The zero-order chi connectivity index (χ0) is 14.8. The normalized spacial score (nSPS) is 11.8. The maximum atomic E-state index is 10.7. The van der Waals surface area contributed by atoms with E-state index in [1.54, 1.807) is 6.08 Å². The first-order chi connectivity index (χ1) is 8.68. The van der Waals surface area contributed by atoms with E-state index in [0.717, 1.165) is 16.8 Å². The summed E-state index contributed by atoms with van der Waals surface area (Å²) in [6.45, 7) is 15.2. The van der Waals surface area contributed by atoms with Gasteiger partial charge in [0.1, 0.15) is 0 Å². The summed E-state index contributed by atoms with van der Waals surface area (Å²) in [5.41, 5.74) is 4.48. The van der Waals surface area contributed by atoms with Gasteiger partial charge in [-0.05, 0) is 33.9 Å². The zero-order valence-electron chi connectivity index (χ0n) is 13.2. The smallest absolute Gasteiger partial charge is 0.211 e. The molecule has 0 bridgehead atoms. The molecule has 0 aliphatic heterocycles. The molecule has 1 aromatic rings. The summed E-state index contributed by atoms with van der Waals surface area (Å²) >= 11 is 0. The predicted molar refractivity (Wildman–Crippen MR) is 81.1 cm³/mol. The molecule has 1 rings (SSSR count). The van der Waals surface area contributed by atoms with Gasteiger partial charge in [-0.25, -0.2) is 4.79 Å². The quantitative estimate of drug-likeness (QED) is 0.542. The van der Waals surface area contributed by atoms with Crippen LogP contribution in [0.15, 0.2) is 17.1 Å². The van der Waals surface area contributed by atoms with Crippen molar-refractivity contribution in [3.63, 3.8) is 0 Å². The van der Waals surface area contributed by atoms with Crippen LogP contribution >= 0.6 is 0 Å². The first-order valence-corrected chi connectivity index (χ1v) is 6.94. The van der Waals surface area contributed by atoms with Crippen LogP contribution in [0.4, 0.5) is 5.69 Å². The van der Waals surface area contributed by atoms with E-state index in [1.165, 1.54) is 5.56 Å². The molecular weight excluding hydrogens is 234 g/mol. The first kappa shape index (κ1) is 15.7. The lowest BCUT2D eigenvalue weighted by Crippen LogP contribution is -2.13. The van der Waals surface area contributed by atoms with E-state index >= 15 is 0 Å². The van der Waals surface area contributed by atoms with Crippen LogP contribution in [0.3, 0.4) is 0 Å². The highest BCUT2D eigenvalue weighted by molar-refractivity contribution is 5.62. The molecule has 0 aliphatic rings. The SMILES string of the molecule is CC(C)c1cc(C(C)(C)C)cc(C(C)C)c1N=C=O. The van der Waals surface area contributed by atoms with E-state index in [0.29, 0.717) is 11.8 Å². The minimum absolute atomic E-state index is 0.0940. The molecule has 0 unspecified atom stereocenters. The molecule has 0 aliphatic carbocycles. The maximum Gasteiger partial charge on any atom is 0.240 e. The van der Waals surface area contributed by atoms with Crippen molar-refractivity contribution in [1.29, 1.82) is 0 Å². The average Bonchev–Trinajstić information content (AvgIpc) is 2.27. The monoisotopic (exact) mass is 259 g/mol. The van der Waals surface area contributed by atoms with Gasteiger partial charge in [0, 0.05) is 0 Å². The molecule has 19 heavy (non-hydrogen) atoms. The van der Waals surface area contributed by atoms with Crippen molar-refractivity contribution in [2.75, 3.05) is 0 Å². The molecule has 0 saturated carbocycles. The van der Waals surface area contributed by atoms with Gasteiger partial charge in [-0.1, -0.05) is 60.6 Å². The van der Waals surface area contributed by atoms with Gasteiger partial charge in [-0.15, -0.1) is 0 Å². The molecule has 2 heteroatoms. The molecule has 0 aromatic heterocycles. The molecule has 0 N–H and O–H groups in total. The topological polar surface area (TPSA) is 29.4 Å². The van der Waals surface area contributed by atoms with Crippen LogP contribution in [0, 0.1) is 0 Å². The molecular formula is C17H25NO. The number of benzene rings is 1. The van der Waals surface area contributed by atoms with Crippen LogP contribution in [-0.2, 0) is 10.2 Å². The molecule has 0 spiro atoms. The van der Waals surface area contributed by atoms with Crippen molar-refractivity contribution in [2.24, 2.45) is 4.99 Å². The summed E-state index contributed by atoms with van der Waals surface area (Å²) < 4.78 is 0. The standard InChI is InChI=1S/C17H25NO/c1-11(2)14-8-13(17(5,6)7)9-15(12(3)4)16(14)18-10-19/h8-9,11-12H,1-7H3. The lowest BCUT2D eigenvalue weighted by atomic mass is 9.81. The Morgan fingerprint density at radius 3 is 1.68 bits per heavy atom. The third-order valence-corrected chi connectivity index (χ3v) is 3.44. The Morgan fingerprint density at radius 1 is 1.00 bits per heavy atom. The van der Waals surface area contributed by atoms with Crippen molar-refractivity contribution < 1.29 is 4.79 Å². The fraction of sp³-hybridized carbons (Fsp3) is 0.588. The molecule has 1 aromatic carbocycles. The van der Waals surface area contributed by atoms with E-state index < -0.39 is 0 Å². The van der Waals surface area contributed by atoms with E-state index in [2.05, 4.69) is 65.6 Å². The van der Waals surface area contributed by atoms with Crippen molar-refractivity contribution in [1.82, 2.24) is 0 Å². The van der Waals surface area contributed by atoms with Gasteiger partial charge in [0.15, 0.2) is 0 Å². The van der Waals surface area contributed by atoms with Gasteiger partial charge < -0.3 is 0 Å². The number of rotatable bonds is 3. The highest BCUT2D eigenvalue weighted by Crippen LogP contribution is 2.38. The lowest BCUT2D eigenvalue weighted by Gasteiger charge is -2.25. The number of hydrogen-bond acceptors (Lipinski definition) is 2. The van der Waals surface area contributed by atoms with Gasteiger partial charge in [0.05, 0.1) is 5.69 Å². The van der Waals surface area contributed by atoms with E-state index in [1.807, 2.05) is 0 Å². The number of carbonyl (C=O) groups excluding carboxylic acids is 1. The molecule has 0 amide bonds. The highest BCUT2D eigenvalue weighted by atomic mass is 16.1. The van der Waals surface area contributed by atoms with Crippen molar-refractivity contribution in [3.05, 3.63) is 28.8 Å². The second-order valence-corrected chi connectivity index (χ2v) is 6.77. The third kappa shape index (κ3) is 3.54. The van der Waals surface area contributed by atoms with Crippen LogP contribution < -0.4 is 0 Å². The first-order valence-electron chi connectivity index (χ1n) is 6.94. The van der Waals surface area contributed by atoms with E-state index in [4.69, 9.17) is 0 Å². The van der Waals surface area contributed by atoms with Gasteiger partial charge >= 0.3 is 0 Å². The molecule has 104 valence electrons. The van der Waals surface area contributed by atoms with Crippen molar-refractivity contribution in [3.8, 4) is 0 Å². The number of nitrogens with zero attached hydrogens (tertiary/aromatic N) is 1. The predicted octanol–water partition coefficient (Wildman–Crippen LogP) is 5.20. The molecule has 0 radical (unpaired) electrons. The Bertz CT molecular complexity index is 471. The summed E-state index contributed by atoms with van der Waals surface area (Å²) in [5, 5.41) is 0. The number of isocyanates is 1. The van der Waals surface area contributed by atoms with E-state index in [9.17, 15) is 4.79 Å². The number of hydrogen-bond donors (Lipinski definition) is 0. The van der Waals surface area contributed by atoms with Crippen LogP contribution in [-0.4, -0.2) is 6.08 Å². The maximum absolute atomic E-state index is 10.7. The molecule has 0 heterocycles. The molecule has 0 saturated heterocycles. The minimum Gasteiger partial charge on any atom is -0.211 e. The van der Waals surface area contributed by atoms with Gasteiger partial charge in [-0.2, -0.15) is 4.99 Å².